The second-order valence-electron chi connectivity index (χ2n) is 9.01. The molecule has 9 heteroatoms. The van der Waals surface area contributed by atoms with Gasteiger partial charge in [-0.3, -0.25) is 9.58 Å². The number of ether oxygens (including phenoxy) is 2. The van der Waals surface area contributed by atoms with Crippen molar-refractivity contribution >= 4 is 11.8 Å². The highest BCUT2D eigenvalue weighted by molar-refractivity contribution is 5.92. The molecule has 2 aliphatic heterocycles. The number of rotatable bonds is 4. The van der Waals surface area contributed by atoms with E-state index in [9.17, 15) is 13.6 Å². The summed E-state index contributed by atoms with van der Waals surface area (Å²) in [5.74, 6) is 0.679. The van der Waals surface area contributed by atoms with Crippen LogP contribution in [0.3, 0.4) is 0 Å². The second-order valence-corrected chi connectivity index (χ2v) is 9.01. The minimum atomic E-state index is -1.02. The summed E-state index contributed by atoms with van der Waals surface area (Å²) < 4.78 is 41.1. The number of aromatic nitrogens is 2. The summed E-state index contributed by atoms with van der Waals surface area (Å²) in [5, 5.41) is 7.53. The molecule has 0 unspecified atom stereocenters. The molecule has 184 valence electrons. The molecular formula is C26H28F2N4O3. The van der Waals surface area contributed by atoms with Crippen LogP contribution in [0.5, 0.6) is 11.5 Å². The highest BCUT2D eigenvalue weighted by Gasteiger charge is 2.33. The average molecular weight is 483 g/mol. The smallest absolute Gasteiger partial charge is 0.414 e. The van der Waals surface area contributed by atoms with Crippen molar-refractivity contribution in [3.05, 3.63) is 60.2 Å². The van der Waals surface area contributed by atoms with Gasteiger partial charge in [0.15, 0.2) is 0 Å². The third-order valence-corrected chi connectivity index (χ3v) is 6.78. The molecule has 1 N–H and O–H groups in total. The number of alkyl halides is 1. The molecule has 35 heavy (non-hydrogen) atoms. The number of nitrogens with zero attached hydrogens (tertiary/aromatic N) is 3. The van der Waals surface area contributed by atoms with Crippen LogP contribution in [0.2, 0.25) is 0 Å². The molecule has 3 atom stereocenters. The third kappa shape index (κ3) is 4.48. The Morgan fingerprint density at radius 2 is 1.97 bits per heavy atom. The minimum absolute atomic E-state index is 0.0383. The first-order valence-electron chi connectivity index (χ1n) is 11.8. The van der Waals surface area contributed by atoms with Gasteiger partial charge >= 0.3 is 6.09 Å². The summed E-state index contributed by atoms with van der Waals surface area (Å²) in [6.07, 6.45) is 4.14. The van der Waals surface area contributed by atoms with Gasteiger partial charge in [0.05, 0.1) is 25.0 Å². The fraction of sp³-hybridized carbons (Fsp3) is 0.385. The van der Waals surface area contributed by atoms with Crippen molar-refractivity contribution in [1.82, 2.24) is 15.1 Å². The number of nitrogens with one attached hydrogen (secondary N) is 1. The summed E-state index contributed by atoms with van der Waals surface area (Å²) in [7, 11) is 1.36. The number of halogens is 2. The Balaban J connectivity index is 1.60. The molecule has 0 bridgehead atoms. The zero-order chi connectivity index (χ0) is 24.5. The first-order valence-corrected chi connectivity index (χ1v) is 11.8. The summed E-state index contributed by atoms with van der Waals surface area (Å²) in [6, 6.07) is 9.19. The number of anilines is 1. The lowest BCUT2D eigenvalue weighted by molar-refractivity contribution is 0.173. The van der Waals surface area contributed by atoms with Gasteiger partial charge in [-0.05, 0) is 69.1 Å². The Morgan fingerprint density at radius 1 is 1.17 bits per heavy atom. The van der Waals surface area contributed by atoms with E-state index in [2.05, 4.69) is 10.4 Å². The fourth-order valence-electron chi connectivity index (χ4n) is 4.91. The normalized spacial score (nSPS) is 21.9. The SMILES string of the molecule is COC(=O)N1c2ccc(-c3cnn([C@@H]4CCNC[C@@H]4F)c3)c(Oc3ccc(F)cc3)c2CC[C@@H]1C. The molecule has 1 amide bonds. The Morgan fingerprint density at radius 3 is 2.71 bits per heavy atom. The van der Waals surface area contributed by atoms with Gasteiger partial charge in [0.1, 0.15) is 23.5 Å². The maximum Gasteiger partial charge on any atom is 0.414 e. The first kappa shape index (κ1) is 23.3. The summed E-state index contributed by atoms with van der Waals surface area (Å²) >= 11 is 0. The molecular weight excluding hydrogens is 454 g/mol. The van der Waals surface area contributed by atoms with E-state index >= 15 is 0 Å². The lowest BCUT2D eigenvalue weighted by atomic mass is 9.92. The van der Waals surface area contributed by atoms with E-state index < -0.39 is 12.3 Å². The Labute approximate surface area is 202 Å². The Kier molecular flexibility index (Phi) is 6.42. The van der Waals surface area contributed by atoms with Gasteiger partial charge in [0.25, 0.3) is 0 Å². The largest absolute Gasteiger partial charge is 0.456 e. The summed E-state index contributed by atoms with van der Waals surface area (Å²) in [4.78, 5) is 14.2. The number of amides is 1. The van der Waals surface area contributed by atoms with E-state index in [-0.39, 0.29) is 17.9 Å². The number of benzene rings is 2. The average Bonchev–Trinajstić information content (AvgIpc) is 3.35. The van der Waals surface area contributed by atoms with Crippen LogP contribution in [0.15, 0.2) is 48.8 Å². The fourth-order valence-corrected chi connectivity index (χ4v) is 4.91. The van der Waals surface area contributed by atoms with Crippen LogP contribution in [0.4, 0.5) is 19.3 Å². The van der Waals surface area contributed by atoms with Crippen molar-refractivity contribution in [1.29, 1.82) is 0 Å². The molecule has 0 saturated carbocycles. The molecule has 3 heterocycles. The van der Waals surface area contributed by atoms with Gasteiger partial charge in [-0.2, -0.15) is 5.10 Å². The maximum absolute atomic E-state index is 14.5. The van der Waals surface area contributed by atoms with Crippen molar-refractivity contribution < 1.29 is 23.0 Å². The van der Waals surface area contributed by atoms with Crippen LogP contribution in [0.1, 0.15) is 31.4 Å². The van der Waals surface area contributed by atoms with Crippen molar-refractivity contribution in [2.75, 3.05) is 25.1 Å². The minimum Gasteiger partial charge on any atom is -0.456 e. The van der Waals surface area contributed by atoms with E-state index in [4.69, 9.17) is 9.47 Å². The molecule has 0 aliphatic carbocycles. The lowest BCUT2D eigenvalue weighted by Crippen LogP contribution is -2.42. The van der Waals surface area contributed by atoms with Gasteiger partial charge in [-0.15, -0.1) is 0 Å². The van der Waals surface area contributed by atoms with Gasteiger partial charge in [0.2, 0.25) is 0 Å². The number of hydrogen-bond donors (Lipinski definition) is 1. The Bertz CT molecular complexity index is 1210. The highest BCUT2D eigenvalue weighted by Crippen LogP contribution is 2.45. The number of hydrogen-bond acceptors (Lipinski definition) is 5. The summed E-state index contributed by atoms with van der Waals surface area (Å²) in [6.45, 7) is 3.02. The number of carbonyl (C=O) groups excluding carboxylic acids is 1. The molecule has 0 spiro atoms. The Hall–Kier alpha value is -3.46. The topological polar surface area (TPSA) is 68.6 Å². The standard InChI is InChI=1S/C26H28F2N4O3/c1-16-3-8-21-23(32(16)26(33)34-2)10-9-20(25(21)35-19-6-4-18(27)5-7-19)17-13-30-31(15-17)24-11-12-29-14-22(24)28/h4-7,9-10,13,15-16,22,24,29H,3,8,11-12,14H2,1-2H3/t16-,22-,24+/m0/s1. The zero-order valence-corrected chi connectivity index (χ0v) is 19.7. The number of methoxy groups -OCH3 is 1. The maximum atomic E-state index is 14.5. The lowest BCUT2D eigenvalue weighted by Gasteiger charge is -2.35. The summed E-state index contributed by atoms with van der Waals surface area (Å²) in [5.41, 5.74) is 3.11. The molecule has 2 aliphatic rings. The molecule has 3 aromatic rings. The van der Waals surface area contributed by atoms with E-state index in [1.54, 1.807) is 27.9 Å². The van der Waals surface area contributed by atoms with Crippen LogP contribution < -0.4 is 15.0 Å². The van der Waals surface area contributed by atoms with Crippen LogP contribution in [0, 0.1) is 5.82 Å². The van der Waals surface area contributed by atoms with Crippen LogP contribution >= 0.6 is 0 Å². The molecule has 1 fully saturated rings. The van der Waals surface area contributed by atoms with Crippen LogP contribution in [-0.4, -0.2) is 48.3 Å². The van der Waals surface area contributed by atoms with Crippen molar-refractivity contribution in [3.8, 4) is 22.6 Å². The van der Waals surface area contributed by atoms with Crippen LogP contribution in [0.25, 0.3) is 11.1 Å². The van der Waals surface area contributed by atoms with Crippen molar-refractivity contribution in [2.45, 2.75) is 44.4 Å². The van der Waals surface area contributed by atoms with Gasteiger partial charge in [0, 0.05) is 35.5 Å². The zero-order valence-electron chi connectivity index (χ0n) is 19.7. The quantitative estimate of drug-likeness (QED) is 0.549. The molecule has 2 aromatic carbocycles. The van der Waals surface area contributed by atoms with Gasteiger partial charge in [-0.25, -0.2) is 13.6 Å². The molecule has 0 radical (unpaired) electrons. The second kappa shape index (κ2) is 9.65. The molecule has 1 saturated heterocycles. The number of fused-ring (bicyclic) bond motifs is 1. The first-order chi connectivity index (χ1) is 17.0. The molecule has 1 aromatic heterocycles. The van der Waals surface area contributed by atoms with Gasteiger partial charge < -0.3 is 14.8 Å². The molecule has 5 rings (SSSR count). The van der Waals surface area contributed by atoms with Crippen LogP contribution in [-0.2, 0) is 11.2 Å². The number of piperidine rings is 1. The van der Waals surface area contributed by atoms with Crippen molar-refractivity contribution in [3.63, 3.8) is 0 Å². The molecule has 7 nitrogen and oxygen atoms in total. The predicted octanol–water partition coefficient (Wildman–Crippen LogP) is 5.26. The van der Waals surface area contributed by atoms with Gasteiger partial charge in [-0.1, -0.05) is 0 Å². The highest BCUT2D eigenvalue weighted by atomic mass is 19.1. The predicted molar refractivity (Wildman–Crippen MR) is 128 cm³/mol. The monoisotopic (exact) mass is 482 g/mol. The van der Waals surface area contributed by atoms with E-state index in [1.165, 1.54) is 19.2 Å². The third-order valence-electron chi connectivity index (χ3n) is 6.78. The van der Waals surface area contributed by atoms with E-state index in [0.29, 0.717) is 36.6 Å². The van der Waals surface area contributed by atoms with E-state index in [1.807, 2.05) is 25.3 Å². The number of carbonyl (C=O) groups is 1. The van der Waals surface area contributed by atoms with E-state index in [0.717, 1.165) is 29.7 Å². The van der Waals surface area contributed by atoms with Crippen molar-refractivity contribution in [2.24, 2.45) is 0 Å².